The topological polar surface area (TPSA) is 65.5 Å². The monoisotopic (exact) mass is 1950 g/mol. The van der Waals surface area contributed by atoms with E-state index in [1.165, 1.54) is 76.5 Å². The van der Waals surface area contributed by atoms with Crippen molar-refractivity contribution in [3.63, 3.8) is 0 Å². The number of para-hydroxylation sites is 6. The lowest BCUT2D eigenvalue weighted by Gasteiger charge is -2.34. The van der Waals surface area contributed by atoms with E-state index in [-0.39, 0.29) is 34.5 Å². The van der Waals surface area contributed by atoms with Crippen molar-refractivity contribution in [3.05, 3.63) is 431 Å². The van der Waals surface area contributed by atoms with Crippen LogP contribution in [0.2, 0.25) is 0 Å². The molecule has 0 amide bonds. The van der Waals surface area contributed by atoms with Crippen LogP contribution in [0, 0.1) is 41.5 Å². The minimum Gasteiger partial charge on any atom is -0.454 e. The van der Waals surface area contributed by atoms with Gasteiger partial charge in [-0.1, -0.05) is 374 Å². The van der Waals surface area contributed by atoms with Crippen molar-refractivity contribution < 1.29 is 17.7 Å². The van der Waals surface area contributed by atoms with Gasteiger partial charge in [0.1, 0.15) is 22.3 Å². The molecular weight excluding hydrogens is 1830 g/mol. The fourth-order valence-electron chi connectivity index (χ4n) is 25.3. The number of aryl methyl sites for hydroxylation is 6. The van der Waals surface area contributed by atoms with Crippen LogP contribution < -0.4 is 19.6 Å². The van der Waals surface area contributed by atoms with Gasteiger partial charge in [-0.2, -0.15) is 0 Å². The van der Waals surface area contributed by atoms with Gasteiger partial charge in [0.2, 0.25) is 0 Å². The summed E-state index contributed by atoms with van der Waals surface area (Å²) < 4.78 is 30.0. The Morgan fingerprint density at radius 2 is 0.473 bits per heavy atom. The number of rotatable bonds is 21. The van der Waals surface area contributed by atoms with Crippen LogP contribution in [0.1, 0.15) is 186 Å². The number of hydrogen-bond donors (Lipinski definition) is 0. The molecule has 2 atom stereocenters. The Morgan fingerprint density at radius 1 is 0.207 bits per heavy atom. The highest BCUT2D eigenvalue weighted by Crippen LogP contribution is 2.60. The summed E-state index contributed by atoms with van der Waals surface area (Å²) >= 11 is 0. The second-order valence-electron chi connectivity index (χ2n) is 45.2. The molecule has 26 aromatic rings. The molecule has 0 bridgehead atoms. The third kappa shape index (κ3) is 14.8. The van der Waals surface area contributed by atoms with Crippen molar-refractivity contribution in [2.75, 3.05) is 19.6 Å². The zero-order valence-electron chi connectivity index (χ0n) is 88.8. The first-order valence-electron chi connectivity index (χ1n) is 53.6. The number of benzene rings is 22. The molecule has 0 spiro atoms. The van der Waals surface area contributed by atoms with Crippen LogP contribution in [0.5, 0.6) is 0 Å². The highest BCUT2D eigenvalue weighted by Gasteiger charge is 2.37. The minimum absolute atomic E-state index is 0.0277. The Labute approximate surface area is 876 Å². The molecule has 4 heterocycles. The lowest BCUT2D eigenvalue weighted by Crippen LogP contribution is -2.16. The molecule has 0 saturated carbocycles. The van der Waals surface area contributed by atoms with E-state index in [2.05, 4.69) is 508 Å². The van der Waals surface area contributed by atoms with Gasteiger partial charge >= 0.3 is 0 Å². The summed E-state index contributed by atoms with van der Waals surface area (Å²) in [6, 6.07) is 137. The quantitative estimate of drug-likeness (QED) is 0.0660. The molecule has 4 aromatic heterocycles. The fraction of sp³-hybridized carbons (Fsp3) is 0.183. The number of anilines is 12. The first-order valence-corrected chi connectivity index (χ1v) is 53.6. The van der Waals surface area contributed by atoms with E-state index in [0.717, 1.165) is 246 Å². The largest absolute Gasteiger partial charge is 0.454 e. The molecular formula is C142H122N4O4. The third-order valence-electron chi connectivity index (χ3n) is 32.9. The van der Waals surface area contributed by atoms with Gasteiger partial charge in [-0.25, -0.2) is 0 Å². The summed E-state index contributed by atoms with van der Waals surface area (Å²) in [6.45, 7) is 42.0. The molecule has 2 unspecified atom stereocenters. The highest BCUT2D eigenvalue weighted by atomic mass is 16.3. The Balaban J connectivity index is 0.735. The Bertz CT molecular complexity index is 9930. The third-order valence-corrected chi connectivity index (χ3v) is 32.9. The van der Waals surface area contributed by atoms with Crippen molar-refractivity contribution in [2.24, 2.45) is 0 Å². The van der Waals surface area contributed by atoms with Crippen LogP contribution in [0.25, 0.3) is 175 Å². The summed E-state index contributed by atoms with van der Waals surface area (Å²) in [5.41, 5.74) is 37.8. The van der Waals surface area contributed by atoms with Gasteiger partial charge in [0.15, 0.2) is 22.3 Å². The van der Waals surface area contributed by atoms with Gasteiger partial charge in [0, 0.05) is 98.5 Å². The van der Waals surface area contributed by atoms with Crippen molar-refractivity contribution in [3.8, 4) is 22.3 Å². The van der Waals surface area contributed by atoms with Gasteiger partial charge < -0.3 is 37.3 Å². The van der Waals surface area contributed by atoms with Crippen molar-refractivity contribution >= 4 is 221 Å². The van der Waals surface area contributed by atoms with Crippen LogP contribution >= 0.6 is 0 Å². The van der Waals surface area contributed by atoms with E-state index in [1.54, 1.807) is 0 Å². The zero-order chi connectivity index (χ0) is 103. The molecule has 734 valence electrons. The van der Waals surface area contributed by atoms with E-state index in [9.17, 15) is 0 Å². The predicted octanol–water partition coefficient (Wildman–Crippen LogP) is 42.7. The number of hydrogen-bond acceptors (Lipinski definition) is 8. The molecule has 8 heteroatoms. The maximum atomic E-state index is 7.66. The lowest BCUT2D eigenvalue weighted by molar-refractivity contribution is 0.572. The Morgan fingerprint density at radius 3 is 0.820 bits per heavy atom. The average Bonchev–Trinajstić information content (AvgIpc) is 0.854. The second kappa shape index (κ2) is 35.6. The smallest absolute Gasteiger partial charge is 0.159 e. The van der Waals surface area contributed by atoms with E-state index >= 15 is 0 Å². The van der Waals surface area contributed by atoms with Crippen LogP contribution in [0.15, 0.2) is 382 Å². The van der Waals surface area contributed by atoms with E-state index in [0.29, 0.717) is 0 Å². The van der Waals surface area contributed by atoms with E-state index in [1.807, 2.05) is 0 Å². The SMILES string of the molecule is Cc1ccc(-c2ccccc2)cc1N(c1cc(C(C)C)c2ccc3c(N(c4cc(-c5ccccc5)ccc4C)c4c(C)ccc5c4oc4ccccc45)cc(C(C)CCC(C)c4cc(N(c5ccccc5)c5c(C)ccc6c5oc5c(C(C)(C)C)cccc56)c5ccc6c(C(C)C)cc(N(c7ccccc7)c7c(C)ccc8c7oc7c(C(C)(C)C)cccc78)c7ccc4c5c67)c4ccc1c2c43)c1c(C)ccc2c1oc1ccccc12. The van der Waals surface area contributed by atoms with Crippen LogP contribution in [0.3, 0.4) is 0 Å². The number of fused-ring (bicyclic) bond motifs is 12. The Hall–Kier alpha value is -16.7. The van der Waals surface area contributed by atoms with Gasteiger partial charge in [0.25, 0.3) is 0 Å². The van der Waals surface area contributed by atoms with Crippen molar-refractivity contribution in [2.45, 2.75) is 172 Å². The molecule has 0 N–H and O–H groups in total. The molecule has 26 rings (SSSR count). The zero-order valence-corrected chi connectivity index (χ0v) is 88.8. The van der Waals surface area contributed by atoms with Gasteiger partial charge in [-0.3, -0.25) is 0 Å². The summed E-state index contributed by atoms with van der Waals surface area (Å²) in [4.78, 5) is 10.3. The van der Waals surface area contributed by atoms with Crippen molar-refractivity contribution in [1.82, 2.24) is 0 Å². The maximum absolute atomic E-state index is 7.66. The summed E-state index contributed by atoms with van der Waals surface area (Å²) in [7, 11) is 0. The normalized spacial score (nSPS) is 12.9. The van der Waals surface area contributed by atoms with Crippen molar-refractivity contribution in [1.29, 1.82) is 0 Å². The predicted molar refractivity (Wildman–Crippen MR) is 639 cm³/mol. The number of furan rings is 4. The standard InChI is InChI=1S/C142H122N4O4/c1-81(2)113-77-121(143(95-41-27-21-28-42-95)131-87(9)59-65-107-103-47-35-49-117(141(13,14)15)135(103)149-139(107)131)109-73-69-101-115(79-122(110-71-67-99(113)127(109)129(101)110)144(96-43-29-22-30-44-96)132-88(10)60-66-108-104-48-36-50-118(142(16,17)18)136(104)150-140(108)132)83(5)53-54-84(6)116-80-124(146(120-76-94(62-56-86(120)8)92-39-25-20-26-40-92)134-90(12)58-64-106-98-46-32-34-52-126(98)148-138(106)134)112-72-68-100-114(82(3)4)78-123(111-74-70-102(116)130(112)128(100)111)145(119-75-93(61-55-85(119)7)91-37-23-19-24-38-91)133-89(11)57-63-105-97-45-31-33-51-125(97)147-137(105)133/h19-52,55-84H,53-54H2,1-18H3. The Kier molecular flexibility index (Phi) is 22.1. The fourth-order valence-corrected chi connectivity index (χ4v) is 25.3. The first kappa shape index (κ1) is 93.1. The minimum atomic E-state index is -0.205. The molecule has 0 aliphatic rings. The number of nitrogens with zero attached hydrogens (tertiary/aromatic N) is 4. The molecule has 0 saturated heterocycles. The summed E-state index contributed by atoms with van der Waals surface area (Å²) in [6.07, 6.45) is 1.65. The highest BCUT2D eigenvalue weighted by molar-refractivity contribution is 6.33. The molecule has 8 nitrogen and oxygen atoms in total. The molecule has 0 radical (unpaired) electrons. The molecule has 150 heavy (non-hydrogen) atoms. The summed E-state index contributed by atoms with van der Waals surface area (Å²) in [5, 5.41) is 23.1. The molecule has 0 fully saturated rings. The molecule has 0 aliphatic carbocycles. The van der Waals surface area contributed by atoms with Gasteiger partial charge in [-0.05, 0) is 283 Å². The maximum Gasteiger partial charge on any atom is 0.159 e. The first-order chi connectivity index (χ1) is 72.7. The van der Waals surface area contributed by atoms with Gasteiger partial charge in [-0.15, -0.1) is 0 Å². The molecule has 0 aliphatic heterocycles. The average molecular weight is 1950 g/mol. The lowest BCUT2D eigenvalue weighted by atomic mass is 9.80. The van der Waals surface area contributed by atoms with Crippen LogP contribution in [-0.2, 0) is 10.8 Å². The van der Waals surface area contributed by atoms with E-state index in [4.69, 9.17) is 17.7 Å². The van der Waals surface area contributed by atoms with E-state index < -0.39 is 0 Å². The second-order valence-corrected chi connectivity index (χ2v) is 45.2. The van der Waals surface area contributed by atoms with Crippen LogP contribution in [0.4, 0.5) is 68.2 Å². The van der Waals surface area contributed by atoms with Gasteiger partial charge in [0.05, 0.1) is 45.5 Å². The molecule has 22 aromatic carbocycles. The summed E-state index contributed by atoms with van der Waals surface area (Å²) in [5.74, 6) is 0.135. The van der Waals surface area contributed by atoms with Crippen LogP contribution in [-0.4, -0.2) is 0 Å².